The Labute approximate surface area is 145 Å². The van der Waals surface area contributed by atoms with Crippen LogP contribution in [0.25, 0.3) is 0 Å². The van der Waals surface area contributed by atoms with Gasteiger partial charge in [0.1, 0.15) is 11.6 Å². The first-order valence-electron chi connectivity index (χ1n) is 8.31. The van der Waals surface area contributed by atoms with Crippen molar-refractivity contribution >= 4 is 0 Å². The Morgan fingerprint density at radius 3 is 3.16 bits per heavy atom. The molecule has 7 heteroatoms. The van der Waals surface area contributed by atoms with Crippen LogP contribution in [0, 0.1) is 11.7 Å². The molecule has 1 fully saturated rings. The fourth-order valence-corrected chi connectivity index (χ4v) is 3.14. The Balaban J connectivity index is 1.71. The summed E-state index contributed by atoms with van der Waals surface area (Å²) in [7, 11) is 1.55. The molecule has 1 atom stereocenters. The van der Waals surface area contributed by atoms with Crippen molar-refractivity contribution in [2.75, 3.05) is 33.4 Å². The molecule has 1 unspecified atom stereocenters. The number of methoxy groups -OCH3 is 1. The number of aromatic nitrogens is 2. The van der Waals surface area contributed by atoms with Crippen molar-refractivity contribution < 1.29 is 13.9 Å². The lowest BCUT2D eigenvalue weighted by Gasteiger charge is -2.24. The normalized spacial score (nSPS) is 18.7. The standard InChI is InChI=1S/C18H22FN3O3/c1-24-17-4-2-3-16(19)15(17)10-22-5-6-25-11-13(9-22)7-14-8-18(23)21-12-20-14/h2-4,8,12-13H,5-7,9-11H2,1H3,(H,20,21,23). The molecule has 134 valence electrons. The third-order valence-corrected chi connectivity index (χ3v) is 4.33. The molecule has 0 radical (unpaired) electrons. The third-order valence-electron chi connectivity index (χ3n) is 4.33. The molecule has 6 nitrogen and oxygen atoms in total. The molecule has 0 aliphatic carbocycles. The number of nitrogens with zero attached hydrogens (tertiary/aromatic N) is 2. The van der Waals surface area contributed by atoms with E-state index >= 15 is 0 Å². The first-order valence-corrected chi connectivity index (χ1v) is 8.31. The predicted octanol–water partition coefficient (Wildman–Crippen LogP) is 1.61. The van der Waals surface area contributed by atoms with Crippen molar-refractivity contribution in [2.45, 2.75) is 13.0 Å². The van der Waals surface area contributed by atoms with Crippen LogP contribution in [0.1, 0.15) is 11.3 Å². The maximum Gasteiger partial charge on any atom is 0.250 e. The zero-order valence-electron chi connectivity index (χ0n) is 14.2. The molecule has 0 bridgehead atoms. The highest BCUT2D eigenvalue weighted by molar-refractivity contribution is 5.34. The van der Waals surface area contributed by atoms with Gasteiger partial charge < -0.3 is 14.5 Å². The summed E-state index contributed by atoms with van der Waals surface area (Å²) in [5.74, 6) is 0.477. The fourth-order valence-electron chi connectivity index (χ4n) is 3.14. The molecule has 1 saturated heterocycles. The van der Waals surface area contributed by atoms with Gasteiger partial charge in [0.2, 0.25) is 0 Å². The summed E-state index contributed by atoms with van der Waals surface area (Å²) in [4.78, 5) is 20.3. The zero-order chi connectivity index (χ0) is 17.6. The first kappa shape index (κ1) is 17.6. The summed E-state index contributed by atoms with van der Waals surface area (Å²) >= 11 is 0. The van der Waals surface area contributed by atoms with Crippen molar-refractivity contribution in [2.24, 2.45) is 5.92 Å². The number of H-pyrrole nitrogens is 1. The summed E-state index contributed by atoms with van der Waals surface area (Å²) in [6, 6.07) is 6.37. The van der Waals surface area contributed by atoms with Crippen molar-refractivity contribution in [1.29, 1.82) is 0 Å². The summed E-state index contributed by atoms with van der Waals surface area (Å²) in [5, 5.41) is 0. The van der Waals surface area contributed by atoms with E-state index in [-0.39, 0.29) is 17.3 Å². The van der Waals surface area contributed by atoms with E-state index in [0.717, 1.165) is 18.8 Å². The maximum absolute atomic E-state index is 14.2. The van der Waals surface area contributed by atoms with Crippen LogP contribution in [0.3, 0.4) is 0 Å². The minimum absolute atomic E-state index is 0.160. The lowest BCUT2D eigenvalue weighted by Crippen LogP contribution is -2.31. The maximum atomic E-state index is 14.2. The smallest absolute Gasteiger partial charge is 0.250 e. The quantitative estimate of drug-likeness (QED) is 0.890. The molecule has 1 aromatic carbocycles. The third kappa shape index (κ3) is 4.64. The molecule has 25 heavy (non-hydrogen) atoms. The average Bonchev–Trinajstić information content (AvgIpc) is 2.82. The van der Waals surface area contributed by atoms with E-state index < -0.39 is 0 Å². The number of hydrogen-bond acceptors (Lipinski definition) is 5. The van der Waals surface area contributed by atoms with Crippen LogP contribution in [0.2, 0.25) is 0 Å². The number of aromatic amines is 1. The molecule has 3 rings (SSSR count). The van der Waals surface area contributed by atoms with Crippen LogP contribution in [0.5, 0.6) is 5.75 Å². The van der Waals surface area contributed by atoms with Crippen molar-refractivity contribution in [3.05, 3.63) is 58.0 Å². The molecule has 0 spiro atoms. The summed E-state index contributed by atoms with van der Waals surface area (Å²) in [6.45, 7) is 3.11. The van der Waals surface area contributed by atoms with Crippen LogP contribution in [0.4, 0.5) is 4.39 Å². The highest BCUT2D eigenvalue weighted by Gasteiger charge is 2.22. The largest absolute Gasteiger partial charge is 0.496 e. The Morgan fingerprint density at radius 2 is 2.36 bits per heavy atom. The molecular weight excluding hydrogens is 325 g/mol. The Bertz CT molecular complexity index is 765. The molecule has 1 aliphatic rings. The Kier molecular flexibility index (Phi) is 5.78. The van der Waals surface area contributed by atoms with E-state index in [0.29, 0.717) is 37.5 Å². The molecular formula is C18H22FN3O3. The van der Waals surface area contributed by atoms with Gasteiger partial charge in [-0.15, -0.1) is 0 Å². The monoisotopic (exact) mass is 347 g/mol. The lowest BCUT2D eigenvalue weighted by molar-refractivity contribution is 0.121. The number of rotatable bonds is 5. The molecule has 0 amide bonds. The predicted molar refractivity (Wildman–Crippen MR) is 91.1 cm³/mol. The number of nitrogens with one attached hydrogen (secondary N) is 1. The van der Waals surface area contributed by atoms with E-state index in [1.807, 2.05) is 0 Å². The van der Waals surface area contributed by atoms with Gasteiger partial charge in [-0.2, -0.15) is 0 Å². The van der Waals surface area contributed by atoms with E-state index in [9.17, 15) is 9.18 Å². The minimum atomic E-state index is -0.266. The van der Waals surface area contributed by atoms with Gasteiger partial charge >= 0.3 is 0 Å². The highest BCUT2D eigenvalue weighted by Crippen LogP contribution is 2.24. The van der Waals surface area contributed by atoms with E-state index in [1.54, 1.807) is 19.2 Å². The van der Waals surface area contributed by atoms with Gasteiger partial charge in [-0.3, -0.25) is 9.69 Å². The van der Waals surface area contributed by atoms with Crippen LogP contribution < -0.4 is 10.3 Å². The Morgan fingerprint density at radius 1 is 1.48 bits per heavy atom. The minimum Gasteiger partial charge on any atom is -0.496 e. The summed E-state index contributed by atoms with van der Waals surface area (Å²) in [6.07, 6.45) is 2.06. The second-order valence-corrected chi connectivity index (χ2v) is 6.20. The van der Waals surface area contributed by atoms with Crippen LogP contribution in [0.15, 0.2) is 35.4 Å². The number of hydrogen-bond donors (Lipinski definition) is 1. The van der Waals surface area contributed by atoms with Gasteiger partial charge in [0, 0.05) is 42.9 Å². The molecule has 2 aromatic rings. The SMILES string of the molecule is COc1cccc(F)c1CN1CCOCC(Cc2cc(=O)[nH]cn2)C1. The summed E-state index contributed by atoms with van der Waals surface area (Å²) in [5.41, 5.74) is 1.13. The number of benzene rings is 1. The topological polar surface area (TPSA) is 67.5 Å². The van der Waals surface area contributed by atoms with Gasteiger partial charge in [-0.25, -0.2) is 9.37 Å². The fraction of sp³-hybridized carbons (Fsp3) is 0.444. The van der Waals surface area contributed by atoms with E-state index in [2.05, 4.69) is 14.9 Å². The molecule has 1 N–H and O–H groups in total. The molecule has 2 heterocycles. The first-order chi connectivity index (χ1) is 12.2. The number of halogens is 1. The van der Waals surface area contributed by atoms with E-state index in [1.165, 1.54) is 18.5 Å². The van der Waals surface area contributed by atoms with Crippen molar-refractivity contribution in [3.63, 3.8) is 0 Å². The van der Waals surface area contributed by atoms with E-state index in [4.69, 9.17) is 9.47 Å². The van der Waals surface area contributed by atoms with Gasteiger partial charge in [-0.05, 0) is 18.6 Å². The van der Waals surface area contributed by atoms with Crippen LogP contribution >= 0.6 is 0 Å². The lowest BCUT2D eigenvalue weighted by atomic mass is 10.0. The van der Waals surface area contributed by atoms with Crippen molar-refractivity contribution in [1.82, 2.24) is 14.9 Å². The van der Waals surface area contributed by atoms with Crippen LogP contribution in [-0.4, -0.2) is 48.3 Å². The average molecular weight is 347 g/mol. The summed E-state index contributed by atoms with van der Waals surface area (Å²) < 4.78 is 25.2. The molecule has 0 saturated carbocycles. The highest BCUT2D eigenvalue weighted by atomic mass is 19.1. The van der Waals surface area contributed by atoms with Crippen molar-refractivity contribution in [3.8, 4) is 5.75 Å². The van der Waals surface area contributed by atoms with Gasteiger partial charge in [0.05, 0.1) is 26.7 Å². The number of ether oxygens (including phenoxy) is 2. The molecule has 1 aromatic heterocycles. The van der Waals surface area contributed by atoms with Crippen LogP contribution in [-0.2, 0) is 17.7 Å². The van der Waals surface area contributed by atoms with Gasteiger partial charge in [0.15, 0.2) is 0 Å². The van der Waals surface area contributed by atoms with Gasteiger partial charge in [-0.1, -0.05) is 6.07 Å². The van der Waals surface area contributed by atoms with Gasteiger partial charge in [0.25, 0.3) is 5.56 Å². The molecule has 1 aliphatic heterocycles. The second kappa shape index (κ2) is 8.22. The Hall–Kier alpha value is -2.25. The zero-order valence-corrected chi connectivity index (χ0v) is 14.2. The second-order valence-electron chi connectivity index (χ2n) is 6.20.